The summed E-state index contributed by atoms with van der Waals surface area (Å²) >= 11 is 0. The summed E-state index contributed by atoms with van der Waals surface area (Å²) < 4.78 is 0. The van der Waals surface area contributed by atoms with Crippen molar-refractivity contribution in [2.45, 2.75) is 19.0 Å². The number of hydrogen-bond acceptors (Lipinski definition) is 5. The van der Waals surface area contributed by atoms with Gasteiger partial charge in [-0.3, -0.25) is 14.4 Å². The van der Waals surface area contributed by atoms with Gasteiger partial charge in [-0.2, -0.15) is 5.26 Å². The number of rotatable bonds is 2. The average Bonchev–Trinajstić information content (AvgIpc) is 3.20. The first-order chi connectivity index (χ1) is 14.0. The summed E-state index contributed by atoms with van der Waals surface area (Å²) in [6.45, 7) is 1.46. The van der Waals surface area contributed by atoms with Crippen molar-refractivity contribution in [3.8, 4) is 6.07 Å². The molecule has 5 rings (SSSR count). The van der Waals surface area contributed by atoms with Crippen LogP contribution >= 0.6 is 0 Å². The van der Waals surface area contributed by atoms with E-state index in [4.69, 9.17) is 0 Å². The van der Waals surface area contributed by atoms with E-state index < -0.39 is 17.9 Å². The van der Waals surface area contributed by atoms with Crippen LogP contribution in [0.5, 0.6) is 0 Å². The molecule has 3 heterocycles. The molecule has 2 aromatic carbocycles. The molecule has 6 nitrogen and oxygen atoms in total. The Hall–Kier alpha value is -3.72. The van der Waals surface area contributed by atoms with Crippen molar-refractivity contribution in [3.63, 3.8) is 0 Å². The second-order valence-corrected chi connectivity index (χ2v) is 7.58. The van der Waals surface area contributed by atoms with Crippen LogP contribution in [0.4, 0.5) is 5.69 Å². The van der Waals surface area contributed by atoms with E-state index in [2.05, 4.69) is 6.07 Å². The number of imide groups is 1. The van der Waals surface area contributed by atoms with Crippen LogP contribution in [0, 0.1) is 23.2 Å². The fraction of sp³-hybridized carbons (Fsp3) is 0.217. The Balaban J connectivity index is 1.59. The number of hydrogen-bond donors (Lipinski definition) is 0. The van der Waals surface area contributed by atoms with Crippen molar-refractivity contribution in [2.24, 2.45) is 11.8 Å². The number of carbonyl (C=O) groups is 3. The van der Waals surface area contributed by atoms with Crippen LogP contribution in [0.25, 0.3) is 6.08 Å². The van der Waals surface area contributed by atoms with Gasteiger partial charge in [0.2, 0.25) is 11.8 Å². The van der Waals surface area contributed by atoms with E-state index in [0.717, 1.165) is 11.1 Å². The molecule has 0 N–H and O–H groups in total. The van der Waals surface area contributed by atoms with E-state index in [1.54, 1.807) is 24.3 Å². The molecular weight excluding hydrogens is 366 g/mol. The van der Waals surface area contributed by atoms with Gasteiger partial charge in [0.15, 0.2) is 5.78 Å². The van der Waals surface area contributed by atoms with E-state index in [1.807, 2.05) is 41.4 Å². The molecule has 142 valence electrons. The van der Waals surface area contributed by atoms with E-state index in [0.29, 0.717) is 11.3 Å². The van der Waals surface area contributed by atoms with Crippen molar-refractivity contribution in [1.82, 2.24) is 4.90 Å². The number of amides is 2. The molecule has 0 radical (unpaired) electrons. The molecule has 0 unspecified atom stereocenters. The predicted molar refractivity (Wildman–Crippen MR) is 105 cm³/mol. The van der Waals surface area contributed by atoms with Crippen LogP contribution in [-0.4, -0.2) is 28.5 Å². The number of carbonyl (C=O) groups excluding carboxylic acids is 3. The Labute approximate surface area is 167 Å². The van der Waals surface area contributed by atoms with Gasteiger partial charge < -0.3 is 4.90 Å². The van der Waals surface area contributed by atoms with Crippen molar-refractivity contribution < 1.29 is 14.4 Å². The molecule has 6 heteroatoms. The largest absolute Gasteiger partial charge is 0.353 e. The molecule has 0 bridgehead atoms. The minimum absolute atomic E-state index is 0.0849. The minimum Gasteiger partial charge on any atom is -0.353 e. The highest BCUT2D eigenvalue weighted by Gasteiger charge is 2.63. The highest BCUT2D eigenvalue weighted by molar-refractivity contribution is 6.23. The van der Waals surface area contributed by atoms with E-state index in [-0.39, 0.29) is 23.6 Å². The van der Waals surface area contributed by atoms with E-state index in [9.17, 15) is 19.6 Å². The maximum atomic E-state index is 13.4. The molecule has 0 aliphatic carbocycles. The van der Waals surface area contributed by atoms with Gasteiger partial charge in [0.05, 0.1) is 29.6 Å². The fourth-order valence-electron chi connectivity index (χ4n) is 4.81. The minimum atomic E-state index is -0.721. The zero-order chi connectivity index (χ0) is 20.3. The van der Waals surface area contributed by atoms with Crippen molar-refractivity contribution >= 4 is 29.4 Å². The summed E-state index contributed by atoms with van der Waals surface area (Å²) in [5.74, 6) is -2.08. The summed E-state index contributed by atoms with van der Waals surface area (Å²) in [6, 6.07) is 15.4. The first kappa shape index (κ1) is 17.4. The van der Waals surface area contributed by atoms with Crippen molar-refractivity contribution in [2.75, 3.05) is 4.90 Å². The maximum absolute atomic E-state index is 13.4. The first-order valence-corrected chi connectivity index (χ1v) is 9.46. The lowest BCUT2D eigenvalue weighted by Gasteiger charge is -2.33. The smallest absolute Gasteiger partial charge is 0.240 e. The standard InChI is InChI=1S/C23H17N3O3/c1-13(27)14-6-8-16(9-7-14)26-22(28)19-18(12-24)25-11-10-15-4-2-3-5-17(15)21(25)20(19)23(26)29/h2-11,18-21H,1H3/t18-,19+,20+,21-/m1/s1. The number of anilines is 1. The molecule has 29 heavy (non-hydrogen) atoms. The zero-order valence-electron chi connectivity index (χ0n) is 15.6. The Morgan fingerprint density at radius 3 is 2.38 bits per heavy atom. The number of benzene rings is 2. The van der Waals surface area contributed by atoms with Crippen LogP contribution in [0.1, 0.15) is 34.5 Å². The summed E-state index contributed by atoms with van der Waals surface area (Å²) in [5, 5.41) is 9.81. The lowest BCUT2D eigenvalue weighted by molar-refractivity contribution is -0.123. The highest BCUT2D eigenvalue weighted by atomic mass is 16.2. The number of ketones is 1. The highest BCUT2D eigenvalue weighted by Crippen LogP contribution is 2.52. The van der Waals surface area contributed by atoms with Crippen LogP contribution in [0.15, 0.2) is 54.7 Å². The van der Waals surface area contributed by atoms with Gasteiger partial charge in [-0.25, -0.2) is 4.90 Å². The normalized spacial score (nSPS) is 26.8. The third-order valence-electron chi connectivity index (χ3n) is 6.13. The first-order valence-electron chi connectivity index (χ1n) is 9.46. The molecule has 0 aromatic heterocycles. The second-order valence-electron chi connectivity index (χ2n) is 7.58. The Bertz CT molecular complexity index is 1130. The topological polar surface area (TPSA) is 81.5 Å². The number of Topliss-reactive ketones (excluding diaryl/α,β-unsaturated/α-hetero) is 1. The predicted octanol–water partition coefficient (Wildman–Crippen LogP) is 2.93. The van der Waals surface area contributed by atoms with Crippen molar-refractivity contribution in [1.29, 1.82) is 5.26 Å². The fourth-order valence-corrected chi connectivity index (χ4v) is 4.81. The van der Waals surface area contributed by atoms with E-state index in [1.165, 1.54) is 11.8 Å². The molecule has 3 aliphatic heterocycles. The third-order valence-corrected chi connectivity index (χ3v) is 6.13. The van der Waals surface area contributed by atoms with Crippen LogP contribution in [0.3, 0.4) is 0 Å². The van der Waals surface area contributed by atoms with Crippen LogP contribution in [0.2, 0.25) is 0 Å². The molecule has 3 aliphatic rings. The molecule has 2 aromatic rings. The molecule has 4 atom stereocenters. The van der Waals surface area contributed by atoms with Crippen molar-refractivity contribution in [3.05, 3.63) is 71.4 Å². The number of nitriles is 1. The molecule has 2 fully saturated rings. The quantitative estimate of drug-likeness (QED) is 0.588. The van der Waals surface area contributed by atoms with Crippen LogP contribution in [-0.2, 0) is 9.59 Å². The van der Waals surface area contributed by atoms with Gasteiger partial charge in [-0.15, -0.1) is 0 Å². The van der Waals surface area contributed by atoms with Crippen LogP contribution < -0.4 is 4.90 Å². The second kappa shape index (κ2) is 6.14. The summed E-state index contributed by atoms with van der Waals surface area (Å²) in [4.78, 5) is 41.3. The van der Waals surface area contributed by atoms with Gasteiger partial charge >= 0.3 is 0 Å². The summed E-state index contributed by atoms with van der Waals surface area (Å²) in [5.41, 5.74) is 2.90. The zero-order valence-corrected chi connectivity index (χ0v) is 15.6. The lowest BCUT2D eigenvalue weighted by atomic mass is 9.85. The monoisotopic (exact) mass is 383 g/mol. The number of nitrogens with zero attached hydrogens (tertiary/aromatic N) is 3. The summed E-state index contributed by atoms with van der Waals surface area (Å²) in [6.07, 6.45) is 3.75. The Morgan fingerprint density at radius 1 is 1.00 bits per heavy atom. The van der Waals surface area contributed by atoms with Gasteiger partial charge in [0.25, 0.3) is 0 Å². The average molecular weight is 383 g/mol. The molecular formula is C23H17N3O3. The van der Waals surface area contributed by atoms with Gasteiger partial charge in [0.1, 0.15) is 6.04 Å². The molecule has 0 spiro atoms. The van der Waals surface area contributed by atoms with Gasteiger partial charge in [0, 0.05) is 11.8 Å². The Morgan fingerprint density at radius 2 is 1.69 bits per heavy atom. The maximum Gasteiger partial charge on any atom is 0.240 e. The molecule has 0 saturated carbocycles. The number of fused-ring (bicyclic) bond motifs is 5. The lowest BCUT2D eigenvalue weighted by Crippen LogP contribution is -2.40. The van der Waals surface area contributed by atoms with E-state index >= 15 is 0 Å². The SMILES string of the molecule is CC(=O)c1ccc(N2C(=O)[C@@H]3[C@H](C2=O)[C@H]2c4ccccc4C=CN2[C@@H]3C#N)cc1. The summed E-state index contributed by atoms with van der Waals surface area (Å²) in [7, 11) is 0. The Kier molecular flexibility index (Phi) is 3.68. The van der Waals surface area contributed by atoms with Gasteiger partial charge in [-0.1, -0.05) is 24.3 Å². The van der Waals surface area contributed by atoms with Gasteiger partial charge in [-0.05, 0) is 48.4 Å². The third kappa shape index (κ3) is 2.31. The molecule has 2 saturated heterocycles. The molecule has 2 amide bonds.